The molecule has 1 aliphatic rings. The Bertz CT molecular complexity index is 856. The zero-order valence-corrected chi connectivity index (χ0v) is 14.8. The molecule has 0 atom stereocenters. The van der Waals surface area contributed by atoms with Gasteiger partial charge in [-0.05, 0) is 31.0 Å². The first-order valence-electron chi connectivity index (χ1n) is 8.46. The molecule has 1 aliphatic heterocycles. The van der Waals surface area contributed by atoms with Crippen molar-refractivity contribution in [3.63, 3.8) is 0 Å². The molecule has 6 nitrogen and oxygen atoms in total. The molecule has 0 radical (unpaired) electrons. The fraction of sp³-hybridized carbons (Fsp3) is 0.389. The Labute approximate surface area is 147 Å². The van der Waals surface area contributed by atoms with E-state index in [0.717, 1.165) is 19.3 Å². The molecular formula is C18H22N2O4S. The number of sulfonamides is 1. The van der Waals surface area contributed by atoms with Crippen LogP contribution in [0.3, 0.4) is 0 Å². The summed E-state index contributed by atoms with van der Waals surface area (Å²) >= 11 is 0. The van der Waals surface area contributed by atoms with Gasteiger partial charge in [0.1, 0.15) is 12.4 Å². The molecule has 0 saturated carbocycles. The maximum atomic E-state index is 12.7. The van der Waals surface area contributed by atoms with Crippen LogP contribution in [0.15, 0.2) is 58.4 Å². The second-order valence-electron chi connectivity index (χ2n) is 6.02. The van der Waals surface area contributed by atoms with Crippen LogP contribution in [0.5, 0.6) is 5.75 Å². The Morgan fingerprint density at radius 3 is 2.40 bits per heavy atom. The van der Waals surface area contributed by atoms with Crippen LogP contribution in [0.4, 0.5) is 0 Å². The molecule has 3 rings (SSSR count). The highest BCUT2D eigenvalue weighted by Gasteiger charge is 2.26. The summed E-state index contributed by atoms with van der Waals surface area (Å²) in [6.45, 7) is 1.66. The predicted octanol–water partition coefficient (Wildman–Crippen LogP) is 2.10. The Kier molecular flexibility index (Phi) is 5.55. The normalized spacial score (nSPS) is 15.8. The van der Waals surface area contributed by atoms with Gasteiger partial charge in [0.15, 0.2) is 0 Å². The van der Waals surface area contributed by atoms with Gasteiger partial charge in [-0.25, -0.2) is 8.42 Å². The van der Waals surface area contributed by atoms with Gasteiger partial charge in [0.05, 0.1) is 11.4 Å². The van der Waals surface area contributed by atoms with Crippen molar-refractivity contribution < 1.29 is 13.2 Å². The lowest BCUT2D eigenvalue weighted by molar-refractivity contribution is 0.295. The SMILES string of the molecule is O=c1ccc(S(=O)(=O)N2CCCCC2)cn1CCOc1ccccc1. The van der Waals surface area contributed by atoms with Crippen LogP contribution in [-0.4, -0.2) is 37.0 Å². The molecule has 0 bridgehead atoms. The third-order valence-electron chi connectivity index (χ3n) is 4.25. The van der Waals surface area contributed by atoms with Gasteiger partial charge in [-0.2, -0.15) is 4.31 Å². The Balaban J connectivity index is 1.72. The molecule has 134 valence electrons. The molecule has 1 aromatic carbocycles. The highest BCUT2D eigenvalue weighted by atomic mass is 32.2. The van der Waals surface area contributed by atoms with Gasteiger partial charge in [-0.1, -0.05) is 24.6 Å². The standard InChI is InChI=1S/C18H22N2O4S/c21-18-10-9-17(25(22,23)20-11-5-2-6-12-20)15-19(18)13-14-24-16-7-3-1-4-8-16/h1,3-4,7-10,15H,2,5-6,11-14H2. The molecule has 25 heavy (non-hydrogen) atoms. The molecule has 2 heterocycles. The Morgan fingerprint density at radius 1 is 0.960 bits per heavy atom. The number of ether oxygens (including phenoxy) is 1. The van der Waals surface area contributed by atoms with Crippen LogP contribution in [0.25, 0.3) is 0 Å². The predicted molar refractivity (Wildman–Crippen MR) is 95.2 cm³/mol. The minimum atomic E-state index is -3.55. The number of benzene rings is 1. The first kappa shape index (κ1) is 17.7. The van der Waals surface area contributed by atoms with Crippen LogP contribution < -0.4 is 10.3 Å². The topological polar surface area (TPSA) is 68.6 Å². The number of rotatable bonds is 6. The Morgan fingerprint density at radius 2 is 1.68 bits per heavy atom. The van der Waals surface area contributed by atoms with Crippen LogP contribution >= 0.6 is 0 Å². The highest BCUT2D eigenvalue weighted by molar-refractivity contribution is 7.89. The fourth-order valence-corrected chi connectivity index (χ4v) is 4.41. The van der Waals surface area contributed by atoms with Crippen molar-refractivity contribution in [2.75, 3.05) is 19.7 Å². The number of nitrogens with zero attached hydrogens (tertiary/aromatic N) is 2. The fourth-order valence-electron chi connectivity index (χ4n) is 2.87. The molecule has 2 aromatic rings. The summed E-state index contributed by atoms with van der Waals surface area (Å²) in [5.74, 6) is 0.715. The zero-order chi connectivity index (χ0) is 17.7. The molecule has 0 spiro atoms. The van der Waals surface area contributed by atoms with E-state index in [9.17, 15) is 13.2 Å². The third-order valence-corrected chi connectivity index (χ3v) is 6.14. The van der Waals surface area contributed by atoms with Crippen molar-refractivity contribution in [3.8, 4) is 5.75 Å². The molecule has 0 aliphatic carbocycles. The van der Waals surface area contributed by atoms with Gasteiger partial charge >= 0.3 is 0 Å². The third kappa shape index (κ3) is 4.29. The van der Waals surface area contributed by atoms with Gasteiger partial charge in [0.2, 0.25) is 10.0 Å². The molecule has 7 heteroatoms. The van der Waals surface area contributed by atoms with Crippen molar-refractivity contribution in [1.82, 2.24) is 8.87 Å². The molecule has 1 fully saturated rings. The van der Waals surface area contributed by atoms with Crippen molar-refractivity contribution in [2.45, 2.75) is 30.7 Å². The summed E-state index contributed by atoms with van der Waals surface area (Å²) in [6.07, 6.45) is 4.23. The summed E-state index contributed by atoms with van der Waals surface area (Å²) in [6, 6.07) is 12.0. The maximum Gasteiger partial charge on any atom is 0.250 e. The number of hydrogen-bond donors (Lipinski definition) is 0. The van der Waals surface area contributed by atoms with E-state index in [-0.39, 0.29) is 23.6 Å². The van der Waals surface area contributed by atoms with E-state index in [4.69, 9.17) is 4.74 Å². The van der Waals surface area contributed by atoms with Crippen molar-refractivity contribution in [1.29, 1.82) is 0 Å². The van der Waals surface area contributed by atoms with Crippen molar-refractivity contribution in [3.05, 3.63) is 59.0 Å². The van der Waals surface area contributed by atoms with Crippen molar-refractivity contribution >= 4 is 10.0 Å². The minimum absolute atomic E-state index is 0.161. The molecule has 1 saturated heterocycles. The number of pyridine rings is 1. The summed E-state index contributed by atoms with van der Waals surface area (Å²) in [5.41, 5.74) is -0.241. The number of hydrogen-bond acceptors (Lipinski definition) is 4. The van der Waals surface area contributed by atoms with E-state index in [0.29, 0.717) is 18.8 Å². The average Bonchev–Trinajstić information content (AvgIpc) is 2.65. The summed E-state index contributed by atoms with van der Waals surface area (Å²) < 4.78 is 33.9. The smallest absolute Gasteiger partial charge is 0.250 e. The summed E-state index contributed by atoms with van der Waals surface area (Å²) in [5, 5.41) is 0. The van der Waals surface area contributed by atoms with E-state index in [1.165, 1.54) is 27.2 Å². The number of para-hydroxylation sites is 1. The number of piperidine rings is 1. The largest absolute Gasteiger partial charge is 0.492 e. The van der Waals surface area contributed by atoms with Crippen LogP contribution in [0.2, 0.25) is 0 Å². The second kappa shape index (κ2) is 7.84. The lowest BCUT2D eigenvalue weighted by Crippen LogP contribution is -2.36. The zero-order valence-electron chi connectivity index (χ0n) is 14.0. The van der Waals surface area contributed by atoms with E-state index in [2.05, 4.69) is 0 Å². The lowest BCUT2D eigenvalue weighted by Gasteiger charge is -2.26. The minimum Gasteiger partial charge on any atom is -0.492 e. The first-order chi connectivity index (χ1) is 12.1. The van der Waals surface area contributed by atoms with Crippen LogP contribution in [0, 0.1) is 0 Å². The van der Waals surface area contributed by atoms with Crippen molar-refractivity contribution in [2.24, 2.45) is 0 Å². The Hall–Kier alpha value is -2.12. The van der Waals surface area contributed by atoms with Gasteiger partial charge in [-0.15, -0.1) is 0 Å². The second-order valence-corrected chi connectivity index (χ2v) is 7.96. The number of aromatic nitrogens is 1. The highest BCUT2D eigenvalue weighted by Crippen LogP contribution is 2.19. The molecular weight excluding hydrogens is 340 g/mol. The van der Waals surface area contributed by atoms with Crippen LogP contribution in [0.1, 0.15) is 19.3 Å². The quantitative estimate of drug-likeness (QED) is 0.789. The lowest BCUT2D eigenvalue weighted by atomic mass is 10.2. The molecule has 1 aromatic heterocycles. The average molecular weight is 362 g/mol. The van der Waals surface area contributed by atoms with E-state index < -0.39 is 10.0 Å². The summed E-state index contributed by atoms with van der Waals surface area (Å²) in [7, 11) is -3.55. The van der Waals surface area contributed by atoms with Gasteiger partial charge in [0, 0.05) is 25.4 Å². The van der Waals surface area contributed by atoms with Gasteiger partial charge in [0.25, 0.3) is 5.56 Å². The maximum absolute atomic E-state index is 12.7. The van der Waals surface area contributed by atoms with Crippen LogP contribution in [-0.2, 0) is 16.6 Å². The van der Waals surface area contributed by atoms with E-state index in [1.807, 2.05) is 30.3 Å². The first-order valence-corrected chi connectivity index (χ1v) is 9.90. The monoisotopic (exact) mass is 362 g/mol. The summed E-state index contributed by atoms with van der Waals surface area (Å²) in [4.78, 5) is 12.2. The van der Waals surface area contributed by atoms with Gasteiger partial charge in [-0.3, -0.25) is 4.79 Å². The van der Waals surface area contributed by atoms with E-state index in [1.54, 1.807) is 0 Å². The molecule has 0 amide bonds. The molecule has 0 N–H and O–H groups in total. The van der Waals surface area contributed by atoms with E-state index >= 15 is 0 Å². The van der Waals surface area contributed by atoms with Gasteiger partial charge < -0.3 is 9.30 Å². The molecule has 0 unspecified atom stereocenters.